The molecule has 21 heavy (non-hydrogen) atoms. The molecule has 0 saturated carbocycles. The van der Waals surface area contributed by atoms with Gasteiger partial charge in [0.05, 0.1) is 6.42 Å². The van der Waals surface area contributed by atoms with E-state index >= 15 is 0 Å². The van der Waals surface area contributed by atoms with Crippen LogP contribution in [0.5, 0.6) is 0 Å². The smallest absolute Gasteiger partial charge is 0.243 e. The molecule has 0 saturated heterocycles. The van der Waals surface area contributed by atoms with Crippen molar-refractivity contribution >= 4 is 22.7 Å². The van der Waals surface area contributed by atoms with Crippen LogP contribution < -0.4 is 10.6 Å². The van der Waals surface area contributed by atoms with Crippen LogP contribution in [0, 0.1) is 0 Å². The van der Waals surface area contributed by atoms with Gasteiger partial charge >= 0.3 is 0 Å². The lowest BCUT2D eigenvalue weighted by Gasteiger charge is -2.01. The maximum atomic E-state index is 11.9. The van der Waals surface area contributed by atoms with Crippen LogP contribution >= 0.6 is 0 Å². The Hall–Kier alpha value is -2.56. The number of aryl methyl sites for hydroxylation is 1. The summed E-state index contributed by atoms with van der Waals surface area (Å²) in [6.07, 6.45) is 5.33. The average molecular weight is 285 g/mol. The van der Waals surface area contributed by atoms with Gasteiger partial charge in [-0.1, -0.05) is 24.3 Å². The predicted molar refractivity (Wildman–Crippen MR) is 82.8 cm³/mol. The Morgan fingerprint density at radius 2 is 2.05 bits per heavy atom. The number of hydrogen-bond acceptors (Lipinski definition) is 2. The minimum atomic E-state index is -0.182. The number of para-hydroxylation sites is 1. The summed E-state index contributed by atoms with van der Waals surface area (Å²) in [6, 6.07) is 8.00. The normalized spacial score (nSPS) is 11.0. The fraction of sp³-hybridized carbons (Fsp3) is 0.250. The molecule has 2 amide bonds. The van der Waals surface area contributed by atoms with Crippen molar-refractivity contribution in [2.24, 2.45) is 7.05 Å². The second-order valence-corrected chi connectivity index (χ2v) is 4.78. The molecular formula is C16H19N3O2. The highest BCUT2D eigenvalue weighted by atomic mass is 16.2. The van der Waals surface area contributed by atoms with Crippen molar-refractivity contribution in [3.8, 4) is 0 Å². The lowest BCUT2D eigenvalue weighted by atomic mass is 10.1. The number of carbonyl (C=O) groups excluding carboxylic acids is 2. The molecule has 0 bridgehead atoms. The first-order valence-electron chi connectivity index (χ1n) is 6.79. The highest BCUT2D eigenvalue weighted by Crippen LogP contribution is 2.20. The summed E-state index contributed by atoms with van der Waals surface area (Å²) in [4.78, 5) is 22.9. The van der Waals surface area contributed by atoms with Crippen LogP contribution in [0.2, 0.25) is 0 Å². The molecule has 0 aliphatic rings. The average Bonchev–Trinajstić information content (AvgIpc) is 2.80. The number of likely N-dealkylation sites (N-methyl/N-ethyl adjacent to an activating group) is 1. The Morgan fingerprint density at radius 1 is 1.29 bits per heavy atom. The third-order valence-electron chi connectivity index (χ3n) is 3.26. The van der Waals surface area contributed by atoms with E-state index < -0.39 is 0 Å². The molecule has 1 aromatic carbocycles. The molecule has 2 aromatic rings. The number of benzene rings is 1. The Balaban J connectivity index is 1.96. The number of hydrogen-bond donors (Lipinski definition) is 2. The largest absolute Gasteiger partial charge is 0.356 e. The van der Waals surface area contributed by atoms with E-state index in [-0.39, 0.29) is 11.8 Å². The van der Waals surface area contributed by atoms with Gasteiger partial charge in [0, 0.05) is 43.8 Å². The van der Waals surface area contributed by atoms with Crippen molar-refractivity contribution in [2.75, 3.05) is 13.6 Å². The standard InChI is InChI=1S/C16H19N3O2/c1-17-15(20)8-5-9-18-16(21)10-12-11-19(2)14-7-4-3-6-13(12)14/h3-8,11H,9-10H2,1-2H3,(H,17,20)(H,18,21)/b8-5+. The van der Waals surface area contributed by atoms with Gasteiger partial charge in [0.2, 0.25) is 11.8 Å². The first kappa shape index (κ1) is 14.8. The van der Waals surface area contributed by atoms with Crippen molar-refractivity contribution in [1.29, 1.82) is 0 Å². The summed E-state index contributed by atoms with van der Waals surface area (Å²) in [5.41, 5.74) is 2.11. The second-order valence-electron chi connectivity index (χ2n) is 4.78. The minimum Gasteiger partial charge on any atom is -0.356 e. The van der Waals surface area contributed by atoms with Crippen molar-refractivity contribution in [3.05, 3.63) is 48.2 Å². The summed E-state index contributed by atoms with van der Waals surface area (Å²) in [7, 11) is 3.53. The maximum Gasteiger partial charge on any atom is 0.243 e. The monoisotopic (exact) mass is 285 g/mol. The Bertz CT molecular complexity index is 686. The molecule has 2 rings (SSSR count). The Morgan fingerprint density at radius 3 is 2.81 bits per heavy atom. The zero-order chi connectivity index (χ0) is 15.2. The van der Waals surface area contributed by atoms with Crippen LogP contribution in [0.1, 0.15) is 5.56 Å². The summed E-state index contributed by atoms with van der Waals surface area (Å²) in [6.45, 7) is 0.344. The molecule has 0 fully saturated rings. The number of fused-ring (bicyclic) bond motifs is 1. The fourth-order valence-corrected chi connectivity index (χ4v) is 2.22. The topological polar surface area (TPSA) is 63.1 Å². The lowest BCUT2D eigenvalue weighted by molar-refractivity contribution is -0.120. The zero-order valence-electron chi connectivity index (χ0n) is 12.2. The highest BCUT2D eigenvalue weighted by Gasteiger charge is 2.09. The molecule has 0 unspecified atom stereocenters. The van der Waals surface area contributed by atoms with Gasteiger partial charge in [-0.15, -0.1) is 0 Å². The van der Waals surface area contributed by atoms with Gasteiger partial charge in [-0.25, -0.2) is 0 Å². The van der Waals surface area contributed by atoms with Crippen LogP contribution in [-0.4, -0.2) is 30.0 Å². The molecule has 1 aromatic heterocycles. The quantitative estimate of drug-likeness (QED) is 0.809. The van der Waals surface area contributed by atoms with Gasteiger partial charge in [-0.2, -0.15) is 0 Å². The molecule has 1 heterocycles. The summed E-state index contributed by atoms with van der Waals surface area (Å²) < 4.78 is 2.02. The SMILES string of the molecule is CNC(=O)/C=C/CNC(=O)Cc1cn(C)c2ccccc12. The van der Waals surface area contributed by atoms with E-state index in [2.05, 4.69) is 10.6 Å². The van der Waals surface area contributed by atoms with Crippen LogP contribution in [-0.2, 0) is 23.1 Å². The van der Waals surface area contributed by atoms with Crippen molar-refractivity contribution < 1.29 is 9.59 Å². The molecule has 110 valence electrons. The highest BCUT2D eigenvalue weighted by molar-refractivity contribution is 5.89. The third kappa shape index (κ3) is 3.72. The van der Waals surface area contributed by atoms with Gasteiger partial charge in [-0.05, 0) is 11.6 Å². The van der Waals surface area contributed by atoms with E-state index in [0.717, 1.165) is 16.5 Å². The number of carbonyl (C=O) groups is 2. The number of amides is 2. The zero-order valence-corrected chi connectivity index (χ0v) is 12.2. The van der Waals surface area contributed by atoms with Crippen LogP contribution in [0.15, 0.2) is 42.6 Å². The molecule has 2 N–H and O–H groups in total. The molecule has 0 radical (unpaired) electrons. The third-order valence-corrected chi connectivity index (χ3v) is 3.26. The van der Waals surface area contributed by atoms with Gasteiger partial charge in [0.1, 0.15) is 0 Å². The van der Waals surface area contributed by atoms with Crippen LogP contribution in [0.4, 0.5) is 0 Å². The number of aromatic nitrogens is 1. The van der Waals surface area contributed by atoms with E-state index in [1.54, 1.807) is 13.1 Å². The molecule has 0 atom stereocenters. The van der Waals surface area contributed by atoms with Crippen LogP contribution in [0.25, 0.3) is 10.9 Å². The van der Waals surface area contributed by atoms with Crippen LogP contribution in [0.3, 0.4) is 0 Å². The van der Waals surface area contributed by atoms with E-state index in [1.165, 1.54) is 6.08 Å². The summed E-state index contributed by atoms with van der Waals surface area (Å²) >= 11 is 0. The summed E-state index contributed by atoms with van der Waals surface area (Å²) in [5.74, 6) is -0.244. The van der Waals surface area contributed by atoms with E-state index in [0.29, 0.717) is 13.0 Å². The van der Waals surface area contributed by atoms with E-state index in [9.17, 15) is 9.59 Å². The minimum absolute atomic E-state index is 0.0621. The number of rotatable bonds is 5. The first-order valence-corrected chi connectivity index (χ1v) is 6.79. The second kappa shape index (κ2) is 6.74. The Kier molecular flexibility index (Phi) is 4.77. The van der Waals surface area contributed by atoms with Crippen molar-refractivity contribution in [3.63, 3.8) is 0 Å². The lowest BCUT2D eigenvalue weighted by Crippen LogP contribution is -2.25. The predicted octanol–water partition coefficient (Wildman–Crippen LogP) is 1.14. The van der Waals surface area contributed by atoms with Gasteiger partial charge in [0.15, 0.2) is 0 Å². The van der Waals surface area contributed by atoms with Crippen molar-refractivity contribution in [1.82, 2.24) is 15.2 Å². The van der Waals surface area contributed by atoms with E-state index in [4.69, 9.17) is 0 Å². The fourth-order valence-electron chi connectivity index (χ4n) is 2.22. The molecule has 0 aliphatic heterocycles. The number of nitrogens with zero attached hydrogens (tertiary/aromatic N) is 1. The first-order chi connectivity index (χ1) is 10.1. The Labute approximate surface area is 123 Å². The van der Waals surface area contributed by atoms with Gasteiger partial charge in [0.25, 0.3) is 0 Å². The number of nitrogens with one attached hydrogen (secondary N) is 2. The van der Waals surface area contributed by atoms with Gasteiger partial charge < -0.3 is 15.2 Å². The van der Waals surface area contributed by atoms with Gasteiger partial charge in [-0.3, -0.25) is 9.59 Å². The molecule has 0 aliphatic carbocycles. The molecule has 0 spiro atoms. The van der Waals surface area contributed by atoms with E-state index in [1.807, 2.05) is 42.1 Å². The van der Waals surface area contributed by atoms with Crippen molar-refractivity contribution in [2.45, 2.75) is 6.42 Å². The molecule has 5 heteroatoms. The molecule has 5 nitrogen and oxygen atoms in total. The molecular weight excluding hydrogens is 266 g/mol. The maximum absolute atomic E-state index is 11.9. The summed E-state index contributed by atoms with van der Waals surface area (Å²) in [5, 5.41) is 6.34.